The van der Waals surface area contributed by atoms with Gasteiger partial charge in [-0.3, -0.25) is 4.99 Å². The van der Waals surface area contributed by atoms with E-state index in [1.165, 1.54) is 5.56 Å². The Kier molecular flexibility index (Phi) is 9.14. The zero-order chi connectivity index (χ0) is 17.1. The zero-order valence-electron chi connectivity index (χ0n) is 15.2. The van der Waals surface area contributed by atoms with E-state index in [1.54, 1.807) is 7.11 Å². The first-order chi connectivity index (χ1) is 11.1. The molecule has 130 valence electrons. The van der Waals surface area contributed by atoms with Gasteiger partial charge in [0.05, 0.1) is 7.11 Å². The highest BCUT2D eigenvalue weighted by atomic mass is 16.5. The van der Waals surface area contributed by atoms with Crippen molar-refractivity contribution >= 4 is 5.96 Å². The molecule has 0 aliphatic heterocycles. The third kappa shape index (κ3) is 7.37. The Morgan fingerprint density at radius 3 is 2.43 bits per heavy atom. The highest BCUT2D eigenvalue weighted by Gasteiger charge is 2.06. The van der Waals surface area contributed by atoms with E-state index in [2.05, 4.69) is 53.6 Å². The molecule has 2 N–H and O–H groups in total. The number of hydrogen-bond acceptors (Lipinski definition) is 3. The average Bonchev–Trinajstić information content (AvgIpc) is 2.59. The second-order valence-electron chi connectivity index (χ2n) is 5.78. The molecule has 0 bridgehead atoms. The number of rotatable bonds is 9. The molecule has 0 fully saturated rings. The van der Waals surface area contributed by atoms with Crippen LogP contribution in [0.25, 0.3) is 0 Å². The number of likely N-dealkylation sites (N-methyl/N-ethyl adjacent to an activating group) is 1. The van der Waals surface area contributed by atoms with Gasteiger partial charge in [0.15, 0.2) is 5.96 Å². The minimum atomic E-state index is 0.498. The number of nitrogens with zero attached hydrogens (tertiary/aromatic N) is 2. The van der Waals surface area contributed by atoms with Crippen LogP contribution in [0.5, 0.6) is 5.75 Å². The molecule has 1 aromatic rings. The fourth-order valence-electron chi connectivity index (χ4n) is 2.25. The van der Waals surface area contributed by atoms with E-state index in [9.17, 15) is 0 Å². The van der Waals surface area contributed by atoms with Crippen molar-refractivity contribution in [2.45, 2.75) is 26.2 Å². The number of ether oxygens (including phenoxy) is 1. The van der Waals surface area contributed by atoms with Gasteiger partial charge >= 0.3 is 0 Å². The number of methoxy groups -OCH3 is 1. The minimum Gasteiger partial charge on any atom is -0.497 e. The van der Waals surface area contributed by atoms with Crippen LogP contribution in [-0.4, -0.2) is 58.2 Å². The third-order valence-electron chi connectivity index (χ3n) is 4.10. The second kappa shape index (κ2) is 10.9. The normalized spacial score (nSPS) is 13.0. The number of guanidine groups is 1. The summed E-state index contributed by atoms with van der Waals surface area (Å²) in [6.07, 6.45) is 1.06. The van der Waals surface area contributed by atoms with Crippen molar-refractivity contribution in [3.05, 3.63) is 29.8 Å². The van der Waals surface area contributed by atoms with Gasteiger partial charge in [-0.15, -0.1) is 0 Å². The van der Waals surface area contributed by atoms with Crippen LogP contribution in [0.2, 0.25) is 0 Å². The van der Waals surface area contributed by atoms with E-state index in [0.717, 1.165) is 44.3 Å². The molecule has 0 aliphatic rings. The van der Waals surface area contributed by atoms with Gasteiger partial charge in [-0.1, -0.05) is 26.0 Å². The van der Waals surface area contributed by atoms with Crippen LogP contribution in [0.4, 0.5) is 0 Å². The fraction of sp³-hybridized carbons (Fsp3) is 0.611. The lowest BCUT2D eigenvalue weighted by atomic mass is 9.98. The molecule has 5 heteroatoms. The lowest BCUT2D eigenvalue weighted by molar-refractivity contribution is 0.357. The van der Waals surface area contributed by atoms with E-state index < -0.39 is 0 Å². The molecule has 1 atom stereocenters. The number of benzene rings is 1. The van der Waals surface area contributed by atoms with E-state index >= 15 is 0 Å². The molecule has 0 spiro atoms. The molecule has 1 aromatic carbocycles. The van der Waals surface area contributed by atoms with Crippen molar-refractivity contribution in [3.63, 3.8) is 0 Å². The molecule has 5 nitrogen and oxygen atoms in total. The summed E-state index contributed by atoms with van der Waals surface area (Å²) in [4.78, 5) is 6.53. The zero-order valence-corrected chi connectivity index (χ0v) is 15.2. The summed E-state index contributed by atoms with van der Waals surface area (Å²) in [6.45, 7) is 8.28. The van der Waals surface area contributed by atoms with Crippen LogP contribution < -0.4 is 15.4 Å². The van der Waals surface area contributed by atoms with E-state index in [4.69, 9.17) is 4.74 Å². The van der Waals surface area contributed by atoms with Crippen LogP contribution >= 0.6 is 0 Å². The smallest absolute Gasteiger partial charge is 0.191 e. The Morgan fingerprint density at radius 2 is 1.87 bits per heavy atom. The van der Waals surface area contributed by atoms with Crippen LogP contribution in [0.3, 0.4) is 0 Å². The molecule has 0 radical (unpaired) electrons. The molecule has 0 saturated carbocycles. The topological polar surface area (TPSA) is 48.9 Å². The number of nitrogens with one attached hydrogen (secondary N) is 2. The lowest BCUT2D eigenvalue weighted by Crippen LogP contribution is -2.41. The van der Waals surface area contributed by atoms with Gasteiger partial charge in [0.1, 0.15) is 5.75 Å². The van der Waals surface area contributed by atoms with E-state index in [1.807, 2.05) is 19.2 Å². The van der Waals surface area contributed by atoms with Crippen molar-refractivity contribution in [3.8, 4) is 5.75 Å². The molecule has 1 unspecified atom stereocenters. The van der Waals surface area contributed by atoms with Gasteiger partial charge in [0.25, 0.3) is 0 Å². The SMILES string of the molecule is CCN(C)CCNC(=NC)NCCC(C)c1ccc(OC)cc1. The molecular weight excluding hydrogens is 288 g/mol. The molecule has 1 rings (SSSR count). The maximum atomic E-state index is 5.20. The molecular formula is C18H32N4O. The van der Waals surface area contributed by atoms with Crippen LogP contribution in [-0.2, 0) is 0 Å². The minimum absolute atomic E-state index is 0.498. The summed E-state index contributed by atoms with van der Waals surface area (Å²) in [6, 6.07) is 8.31. The van der Waals surface area contributed by atoms with Crippen molar-refractivity contribution in [2.24, 2.45) is 4.99 Å². The van der Waals surface area contributed by atoms with Gasteiger partial charge in [0.2, 0.25) is 0 Å². The van der Waals surface area contributed by atoms with Crippen molar-refractivity contribution in [2.75, 3.05) is 47.4 Å². The highest BCUT2D eigenvalue weighted by Crippen LogP contribution is 2.21. The molecule has 0 saturated heterocycles. The average molecular weight is 320 g/mol. The van der Waals surface area contributed by atoms with Gasteiger partial charge in [0, 0.05) is 26.7 Å². The van der Waals surface area contributed by atoms with Crippen molar-refractivity contribution in [1.82, 2.24) is 15.5 Å². The predicted octanol–water partition coefficient (Wildman–Crippen LogP) is 2.31. The maximum Gasteiger partial charge on any atom is 0.191 e. The quantitative estimate of drug-likeness (QED) is 0.541. The molecule has 23 heavy (non-hydrogen) atoms. The Balaban J connectivity index is 2.30. The summed E-state index contributed by atoms with van der Waals surface area (Å²) < 4.78 is 5.20. The Hall–Kier alpha value is -1.75. The molecule has 0 aliphatic carbocycles. The number of aliphatic imine (C=N–C) groups is 1. The Labute approximate surface area is 141 Å². The van der Waals surface area contributed by atoms with Gasteiger partial charge < -0.3 is 20.3 Å². The van der Waals surface area contributed by atoms with Crippen LogP contribution in [0.1, 0.15) is 31.7 Å². The lowest BCUT2D eigenvalue weighted by Gasteiger charge is -2.17. The van der Waals surface area contributed by atoms with Crippen LogP contribution in [0, 0.1) is 0 Å². The highest BCUT2D eigenvalue weighted by molar-refractivity contribution is 5.79. The number of hydrogen-bond donors (Lipinski definition) is 2. The summed E-state index contributed by atoms with van der Waals surface area (Å²) in [7, 11) is 5.62. The van der Waals surface area contributed by atoms with Crippen molar-refractivity contribution in [1.29, 1.82) is 0 Å². The van der Waals surface area contributed by atoms with Gasteiger partial charge in [-0.25, -0.2) is 0 Å². The van der Waals surface area contributed by atoms with Crippen LogP contribution in [0.15, 0.2) is 29.3 Å². The largest absolute Gasteiger partial charge is 0.497 e. The summed E-state index contributed by atoms with van der Waals surface area (Å²) in [5, 5.41) is 6.72. The first-order valence-corrected chi connectivity index (χ1v) is 8.37. The second-order valence-corrected chi connectivity index (χ2v) is 5.78. The third-order valence-corrected chi connectivity index (χ3v) is 4.10. The summed E-state index contributed by atoms with van der Waals surface area (Å²) >= 11 is 0. The van der Waals surface area contributed by atoms with Gasteiger partial charge in [-0.05, 0) is 43.6 Å². The first kappa shape index (κ1) is 19.3. The first-order valence-electron chi connectivity index (χ1n) is 8.37. The standard InChI is InChI=1S/C18H32N4O/c1-6-22(4)14-13-21-18(19-3)20-12-11-15(2)16-7-9-17(23-5)10-8-16/h7-10,15H,6,11-14H2,1-5H3,(H2,19,20,21). The summed E-state index contributed by atoms with van der Waals surface area (Å²) in [5.41, 5.74) is 1.33. The van der Waals surface area contributed by atoms with Crippen molar-refractivity contribution < 1.29 is 4.74 Å². The monoisotopic (exact) mass is 320 g/mol. The molecule has 0 aromatic heterocycles. The Morgan fingerprint density at radius 1 is 1.22 bits per heavy atom. The fourth-order valence-corrected chi connectivity index (χ4v) is 2.25. The molecule has 0 amide bonds. The summed E-state index contributed by atoms with van der Waals surface area (Å²) in [5.74, 6) is 2.27. The van der Waals surface area contributed by atoms with E-state index in [0.29, 0.717) is 5.92 Å². The van der Waals surface area contributed by atoms with E-state index in [-0.39, 0.29) is 0 Å². The molecule has 0 heterocycles. The predicted molar refractivity (Wildman–Crippen MR) is 98.6 cm³/mol. The van der Waals surface area contributed by atoms with Gasteiger partial charge in [-0.2, -0.15) is 0 Å². The Bertz CT molecular complexity index is 459. The maximum absolute atomic E-state index is 5.20.